The van der Waals surface area contributed by atoms with E-state index in [9.17, 15) is 18.1 Å². The quantitative estimate of drug-likeness (QED) is 0.327. The average molecular weight is 552 g/mol. The van der Waals surface area contributed by atoms with E-state index in [4.69, 9.17) is 32.7 Å². The summed E-state index contributed by atoms with van der Waals surface area (Å²) < 4.78 is 49.9. The molecule has 11 heteroatoms. The Morgan fingerprint density at radius 1 is 1.11 bits per heavy atom. The number of halogens is 3. The van der Waals surface area contributed by atoms with Gasteiger partial charge in [0.05, 0.1) is 28.4 Å². The van der Waals surface area contributed by atoms with Gasteiger partial charge < -0.3 is 9.47 Å². The van der Waals surface area contributed by atoms with Gasteiger partial charge in [-0.2, -0.15) is 5.26 Å². The zero-order valence-corrected chi connectivity index (χ0v) is 22.1. The molecule has 0 saturated carbocycles. The second-order valence-corrected chi connectivity index (χ2v) is 11.0. The summed E-state index contributed by atoms with van der Waals surface area (Å²) in [5, 5.41) is 9.91. The Morgan fingerprint density at radius 2 is 1.81 bits per heavy atom. The van der Waals surface area contributed by atoms with Crippen molar-refractivity contribution in [3.05, 3.63) is 81.8 Å². The number of rotatable bonds is 10. The number of ether oxygens (including phenoxy) is 2. The number of pyridine rings is 1. The minimum Gasteiger partial charge on any atom is -0.489 e. The lowest BCUT2D eigenvalue weighted by Gasteiger charge is -2.27. The van der Waals surface area contributed by atoms with Gasteiger partial charge in [-0.15, -0.1) is 11.6 Å². The highest BCUT2D eigenvalue weighted by Gasteiger charge is 2.26. The van der Waals surface area contributed by atoms with Gasteiger partial charge in [0.2, 0.25) is 10.0 Å². The summed E-state index contributed by atoms with van der Waals surface area (Å²) in [6.07, 6.45) is 0.916. The van der Waals surface area contributed by atoms with Crippen LogP contribution in [0.25, 0.3) is 0 Å². The third-order valence-electron chi connectivity index (χ3n) is 5.36. The minimum atomic E-state index is -3.67. The molecule has 36 heavy (non-hydrogen) atoms. The Labute approximate surface area is 219 Å². The van der Waals surface area contributed by atoms with Crippen LogP contribution in [0.1, 0.15) is 36.2 Å². The molecule has 1 aromatic heterocycles. The summed E-state index contributed by atoms with van der Waals surface area (Å²) >= 11 is 12.1. The Kier molecular flexibility index (Phi) is 8.67. The predicted octanol–water partition coefficient (Wildman–Crippen LogP) is 5.64. The summed E-state index contributed by atoms with van der Waals surface area (Å²) in [7, 11) is -3.67. The van der Waals surface area contributed by atoms with Crippen molar-refractivity contribution in [2.24, 2.45) is 0 Å². The fraction of sp³-hybridized carbons (Fsp3) is 0.280. The molecule has 0 amide bonds. The van der Waals surface area contributed by atoms with Gasteiger partial charge in [0.25, 0.3) is 0 Å². The molecule has 190 valence electrons. The van der Waals surface area contributed by atoms with E-state index >= 15 is 0 Å². The second kappa shape index (κ2) is 11.3. The Hall–Kier alpha value is -3.06. The van der Waals surface area contributed by atoms with Gasteiger partial charge in [-0.05, 0) is 47.5 Å². The number of sulfonamides is 1. The number of alkyl halides is 1. The Bertz CT molecular complexity index is 1390. The van der Waals surface area contributed by atoms with Crippen molar-refractivity contribution in [1.29, 1.82) is 5.26 Å². The molecule has 1 N–H and O–H groups in total. The van der Waals surface area contributed by atoms with Crippen LogP contribution in [0.2, 0.25) is 5.02 Å². The predicted molar refractivity (Wildman–Crippen MR) is 138 cm³/mol. The van der Waals surface area contributed by atoms with E-state index in [2.05, 4.69) is 11.1 Å². The first-order valence-electron chi connectivity index (χ1n) is 10.7. The molecule has 1 heterocycles. The van der Waals surface area contributed by atoms with E-state index in [1.54, 1.807) is 24.3 Å². The number of aromatic nitrogens is 1. The molecule has 0 atom stereocenters. The highest BCUT2D eigenvalue weighted by Crippen LogP contribution is 2.38. The maximum Gasteiger partial charge on any atom is 0.231 e. The standard InChI is InChI=1S/C25H24Cl2FN3O4S/c1-25(2,18-12-16(14-29)23(21(27)13-18)34-11-10-26)17-4-7-20(8-5-17)35-15-19-6-9-22(28)24(30-19)31-36(3,32)33/h4-9,12-13H,10-11,15H2,1-3H3,(H,30,31). The molecule has 7 nitrogen and oxygen atoms in total. The van der Waals surface area contributed by atoms with Crippen LogP contribution < -0.4 is 14.2 Å². The molecule has 0 fully saturated rings. The number of nitrogens with zero attached hydrogens (tertiary/aromatic N) is 2. The number of nitrogens with one attached hydrogen (secondary N) is 1. The largest absolute Gasteiger partial charge is 0.489 e. The van der Waals surface area contributed by atoms with Crippen LogP contribution in [0.15, 0.2) is 48.5 Å². The van der Waals surface area contributed by atoms with Gasteiger partial charge in [-0.1, -0.05) is 37.6 Å². The van der Waals surface area contributed by atoms with E-state index in [1.165, 1.54) is 6.07 Å². The first kappa shape index (κ1) is 27.5. The van der Waals surface area contributed by atoms with Crippen LogP contribution in [0.4, 0.5) is 10.2 Å². The first-order chi connectivity index (χ1) is 16.9. The van der Waals surface area contributed by atoms with Gasteiger partial charge in [0, 0.05) is 5.41 Å². The van der Waals surface area contributed by atoms with E-state index < -0.39 is 21.3 Å². The van der Waals surface area contributed by atoms with Crippen molar-refractivity contribution >= 4 is 39.0 Å². The average Bonchev–Trinajstić information content (AvgIpc) is 2.82. The molecule has 0 bridgehead atoms. The smallest absolute Gasteiger partial charge is 0.231 e. The molecule has 0 aliphatic rings. The fourth-order valence-corrected chi connectivity index (χ4v) is 4.27. The van der Waals surface area contributed by atoms with Crippen molar-refractivity contribution in [2.75, 3.05) is 23.5 Å². The highest BCUT2D eigenvalue weighted by atomic mass is 35.5. The van der Waals surface area contributed by atoms with E-state index in [0.29, 0.717) is 27.8 Å². The van der Waals surface area contributed by atoms with Gasteiger partial charge in [-0.3, -0.25) is 4.72 Å². The molecule has 0 spiro atoms. The fourth-order valence-electron chi connectivity index (χ4n) is 3.43. The summed E-state index contributed by atoms with van der Waals surface area (Å²) in [5.74, 6) is -0.0378. The number of anilines is 1. The summed E-state index contributed by atoms with van der Waals surface area (Å²) in [6, 6.07) is 15.5. The topological polar surface area (TPSA) is 101 Å². The molecule has 0 aliphatic carbocycles. The van der Waals surface area contributed by atoms with Crippen LogP contribution in [0.3, 0.4) is 0 Å². The van der Waals surface area contributed by atoms with Crippen molar-refractivity contribution in [3.63, 3.8) is 0 Å². The SMILES string of the molecule is CC(C)(c1ccc(OCc2ccc(F)c(NS(C)(=O)=O)n2)cc1)c1cc(Cl)c(OCCCl)c(C#N)c1. The third-order valence-corrected chi connectivity index (χ3v) is 6.36. The van der Waals surface area contributed by atoms with Gasteiger partial charge in [0.1, 0.15) is 25.0 Å². The lowest BCUT2D eigenvalue weighted by molar-refractivity contribution is 0.301. The molecule has 3 rings (SSSR count). The number of nitriles is 1. The normalized spacial score (nSPS) is 11.6. The molecular weight excluding hydrogens is 528 g/mol. The first-order valence-corrected chi connectivity index (χ1v) is 13.5. The summed E-state index contributed by atoms with van der Waals surface area (Å²) in [6.45, 7) is 4.26. The van der Waals surface area contributed by atoms with Gasteiger partial charge >= 0.3 is 0 Å². The van der Waals surface area contributed by atoms with Crippen molar-refractivity contribution < 1.29 is 22.3 Å². The maximum atomic E-state index is 13.8. The van der Waals surface area contributed by atoms with Crippen LogP contribution in [-0.4, -0.2) is 32.1 Å². The zero-order chi connectivity index (χ0) is 26.5. The number of hydrogen-bond acceptors (Lipinski definition) is 6. The number of benzene rings is 2. The lowest BCUT2D eigenvalue weighted by atomic mass is 9.77. The van der Waals surface area contributed by atoms with Gasteiger partial charge in [-0.25, -0.2) is 17.8 Å². The number of hydrogen-bond donors (Lipinski definition) is 1. The molecule has 0 unspecified atom stereocenters. The van der Waals surface area contributed by atoms with E-state index in [0.717, 1.165) is 23.4 Å². The molecule has 0 aliphatic heterocycles. The Balaban J connectivity index is 1.77. The van der Waals surface area contributed by atoms with Crippen LogP contribution in [0, 0.1) is 17.1 Å². The lowest BCUT2D eigenvalue weighted by Crippen LogP contribution is -2.19. The van der Waals surface area contributed by atoms with E-state index in [-0.39, 0.29) is 24.9 Å². The van der Waals surface area contributed by atoms with Crippen molar-refractivity contribution in [1.82, 2.24) is 4.98 Å². The van der Waals surface area contributed by atoms with Crippen LogP contribution >= 0.6 is 23.2 Å². The van der Waals surface area contributed by atoms with Crippen molar-refractivity contribution in [3.8, 4) is 17.6 Å². The highest BCUT2D eigenvalue weighted by molar-refractivity contribution is 7.92. The molecular formula is C25H24Cl2FN3O4S. The summed E-state index contributed by atoms with van der Waals surface area (Å²) in [4.78, 5) is 3.97. The van der Waals surface area contributed by atoms with Crippen molar-refractivity contribution in [2.45, 2.75) is 25.9 Å². The minimum absolute atomic E-state index is 0.00631. The molecule has 2 aromatic carbocycles. The maximum absolute atomic E-state index is 13.8. The monoisotopic (exact) mass is 551 g/mol. The van der Waals surface area contributed by atoms with E-state index in [1.807, 2.05) is 30.7 Å². The second-order valence-electron chi connectivity index (χ2n) is 8.43. The molecule has 0 saturated heterocycles. The third kappa shape index (κ3) is 6.78. The molecule has 0 radical (unpaired) electrons. The van der Waals surface area contributed by atoms with Gasteiger partial charge in [0.15, 0.2) is 17.4 Å². The summed E-state index contributed by atoms with van der Waals surface area (Å²) in [5.41, 5.74) is 1.96. The Morgan fingerprint density at radius 3 is 2.42 bits per heavy atom. The zero-order valence-electron chi connectivity index (χ0n) is 19.8. The van der Waals surface area contributed by atoms with Crippen LogP contribution in [-0.2, 0) is 22.0 Å². The molecule has 3 aromatic rings. The van der Waals surface area contributed by atoms with Crippen LogP contribution in [0.5, 0.6) is 11.5 Å².